The molecule has 0 bridgehead atoms. The number of rotatable bonds is 5. The third kappa shape index (κ3) is 4.31. The number of anilines is 1. The molecule has 164 valence electrons. The number of pyridine rings is 1. The lowest BCUT2D eigenvalue weighted by Crippen LogP contribution is -2.36. The number of imidazole rings is 2. The van der Waals surface area contributed by atoms with Crippen molar-refractivity contribution >= 4 is 34.2 Å². The van der Waals surface area contributed by atoms with Crippen molar-refractivity contribution in [2.24, 2.45) is 0 Å². The van der Waals surface area contributed by atoms with Crippen LogP contribution in [-0.2, 0) is 16.0 Å². The van der Waals surface area contributed by atoms with E-state index in [0.29, 0.717) is 18.7 Å². The van der Waals surface area contributed by atoms with Crippen LogP contribution in [0.5, 0.6) is 0 Å². The molecule has 3 heterocycles. The number of nitrogens with one attached hydrogen (secondary N) is 3. The molecule has 8 nitrogen and oxygen atoms in total. The Balaban J connectivity index is 1.16. The number of benzene rings is 2. The number of fused-ring (bicyclic) bond motifs is 2. The Bertz CT molecular complexity index is 1430. The summed E-state index contributed by atoms with van der Waals surface area (Å²) in [5.74, 6) is -0.642. The van der Waals surface area contributed by atoms with Crippen LogP contribution in [0.2, 0.25) is 0 Å². The SMILES string of the molecule is Cc1cccn2cc(-c3ccc(NC(=O)C(=O)NCCc4nc5ccccc5[nH]4)cc3)nc12. The van der Waals surface area contributed by atoms with Crippen molar-refractivity contribution in [1.82, 2.24) is 24.7 Å². The van der Waals surface area contributed by atoms with Crippen LogP contribution >= 0.6 is 0 Å². The summed E-state index contributed by atoms with van der Waals surface area (Å²) in [6, 6.07) is 19.0. The van der Waals surface area contributed by atoms with Gasteiger partial charge in [0, 0.05) is 36.6 Å². The predicted octanol–water partition coefficient (Wildman–Crippen LogP) is 3.48. The molecule has 0 saturated heterocycles. The zero-order chi connectivity index (χ0) is 22.8. The lowest BCUT2D eigenvalue weighted by atomic mass is 10.1. The van der Waals surface area contributed by atoms with E-state index in [9.17, 15) is 9.59 Å². The van der Waals surface area contributed by atoms with Gasteiger partial charge >= 0.3 is 11.8 Å². The maximum absolute atomic E-state index is 12.2. The summed E-state index contributed by atoms with van der Waals surface area (Å²) in [6.07, 6.45) is 4.42. The van der Waals surface area contributed by atoms with Gasteiger partial charge in [-0.25, -0.2) is 9.97 Å². The number of aryl methyl sites for hydroxylation is 1. The molecule has 0 atom stereocenters. The van der Waals surface area contributed by atoms with Crippen molar-refractivity contribution in [3.63, 3.8) is 0 Å². The summed E-state index contributed by atoms with van der Waals surface area (Å²) in [4.78, 5) is 36.7. The second kappa shape index (κ2) is 8.58. The van der Waals surface area contributed by atoms with Crippen LogP contribution in [0.1, 0.15) is 11.4 Å². The normalized spacial score (nSPS) is 11.1. The van der Waals surface area contributed by atoms with E-state index in [4.69, 9.17) is 0 Å². The Morgan fingerprint density at radius 3 is 2.58 bits per heavy atom. The molecule has 0 aliphatic rings. The van der Waals surface area contributed by atoms with Gasteiger partial charge in [0.2, 0.25) is 0 Å². The monoisotopic (exact) mass is 438 g/mol. The van der Waals surface area contributed by atoms with Crippen LogP contribution in [-0.4, -0.2) is 37.7 Å². The zero-order valence-corrected chi connectivity index (χ0v) is 18.0. The van der Waals surface area contributed by atoms with Crippen molar-refractivity contribution < 1.29 is 9.59 Å². The van der Waals surface area contributed by atoms with Crippen molar-refractivity contribution in [3.05, 3.63) is 84.4 Å². The molecule has 3 aromatic heterocycles. The van der Waals surface area contributed by atoms with Gasteiger partial charge in [-0.2, -0.15) is 0 Å². The molecule has 5 rings (SSSR count). The maximum Gasteiger partial charge on any atom is 0.313 e. The van der Waals surface area contributed by atoms with Gasteiger partial charge in [-0.15, -0.1) is 0 Å². The van der Waals surface area contributed by atoms with Crippen molar-refractivity contribution in [2.45, 2.75) is 13.3 Å². The van der Waals surface area contributed by atoms with Crippen LogP contribution in [0.3, 0.4) is 0 Å². The van der Waals surface area contributed by atoms with E-state index in [1.165, 1.54) is 0 Å². The van der Waals surface area contributed by atoms with E-state index in [1.54, 1.807) is 12.1 Å². The van der Waals surface area contributed by atoms with E-state index in [-0.39, 0.29) is 0 Å². The van der Waals surface area contributed by atoms with Gasteiger partial charge in [0.1, 0.15) is 11.5 Å². The lowest BCUT2D eigenvalue weighted by molar-refractivity contribution is -0.136. The minimum atomic E-state index is -0.712. The van der Waals surface area contributed by atoms with E-state index < -0.39 is 11.8 Å². The molecule has 0 unspecified atom stereocenters. The molecule has 33 heavy (non-hydrogen) atoms. The highest BCUT2D eigenvalue weighted by molar-refractivity contribution is 6.39. The highest BCUT2D eigenvalue weighted by Gasteiger charge is 2.14. The third-order valence-electron chi connectivity index (χ3n) is 5.41. The molecule has 0 spiro atoms. The van der Waals surface area contributed by atoms with Gasteiger partial charge in [0.25, 0.3) is 0 Å². The van der Waals surface area contributed by atoms with Crippen LogP contribution < -0.4 is 10.6 Å². The number of hydrogen-bond acceptors (Lipinski definition) is 4. The van der Waals surface area contributed by atoms with Gasteiger partial charge in [-0.1, -0.05) is 30.3 Å². The molecule has 2 aromatic carbocycles. The number of H-pyrrole nitrogens is 1. The average molecular weight is 438 g/mol. The molecule has 0 radical (unpaired) electrons. The molecule has 0 aliphatic heterocycles. The number of amides is 2. The standard InChI is InChI=1S/C25H22N6O2/c1-16-5-4-14-31-15-21(30-23(16)31)17-8-10-18(11-9-17)27-25(33)24(32)26-13-12-22-28-19-6-2-3-7-20(19)29-22/h2-11,14-15H,12-13H2,1H3,(H,26,32)(H,27,33)(H,28,29). The number of carbonyl (C=O) groups is 2. The first kappa shape index (κ1) is 20.4. The van der Waals surface area contributed by atoms with E-state index in [2.05, 4.69) is 25.6 Å². The smallest absolute Gasteiger partial charge is 0.313 e. The minimum Gasteiger partial charge on any atom is -0.347 e. The highest BCUT2D eigenvalue weighted by atomic mass is 16.2. The summed E-state index contributed by atoms with van der Waals surface area (Å²) >= 11 is 0. The van der Waals surface area contributed by atoms with Crippen LogP contribution in [0.4, 0.5) is 5.69 Å². The van der Waals surface area contributed by atoms with Gasteiger partial charge < -0.3 is 20.0 Å². The summed E-state index contributed by atoms with van der Waals surface area (Å²) < 4.78 is 1.98. The molecule has 0 aliphatic carbocycles. The first-order valence-electron chi connectivity index (χ1n) is 10.6. The zero-order valence-electron chi connectivity index (χ0n) is 18.0. The number of carbonyl (C=O) groups excluding carboxylic acids is 2. The lowest BCUT2D eigenvalue weighted by Gasteiger charge is -2.06. The fraction of sp³-hybridized carbons (Fsp3) is 0.120. The fourth-order valence-corrected chi connectivity index (χ4v) is 3.70. The number of aromatic amines is 1. The predicted molar refractivity (Wildman–Crippen MR) is 127 cm³/mol. The minimum absolute atomic E-state index is 0.304. The topological polar surface area (TPSA) is 104 Å². The van der Waals surface area contributed by atoms with Gasteiger partial charge in [0.05, 0.1) is 16.7 Å². The molecule has 8 heteroatoms. The number of nitrogens with zero attached hydrogens (tertiary/aromatic N) is 3. The Morgan fingerprint density at radius 1 is 0.970 bits per heavy atom. The molecule has 5 aromatic rings. The van der Waals surface area contributed by atoms with Gasteiger partial charge in [-0.05, 0) is 42.8 Å². The summed E-state index contributed by atoms with van der Waals surface area (Å²) in [6.45, 7) is 2.32. The number of para-hydroxylation sites is 2. The fourth-order valence-electron chi connectivity index (χ4n) is 3.70. The summed E-state index contributed by atoms with van der Waals surface area (Å²) in [7, 11) is 0. The van der Waals surface area contributed by atoms with Crippen molar-refractivity contribution in [2.75, 3.05) is 11.9 Å². The Hall–Kier alpha value is -4.46. The van der Waals surface area contributed by atoms with Crippen LogP contribution in [0, 0.1) is 6.92 Å². The number of hydrogen-bond donors (Lipinski definition) is 3. The van der Waals surface area contributed by atoms with Crippen LogP contribution in [0.15, 0.2) is 73.1 Å². The van der Waals surface area contributed by atoms with Gasteiger partial charge in [0.15, 0.2) is 0 Å². The summed E-state index contributed by atoms with van der Waals surface area (Å²) in [5, 5.41) is 5.26. The Morgan fingerprint density at radius 2 is 1.79 bits per heavy atom. The van der Waals surface area contributed by atoms with E-state index >= 15 is 0 Å². The summed E-state index contributed by atoms with van der Waals surface area (Å²) in [5.41, 5.74) is 6.12. The quantitative estimate of drug-likeness (QED) is 0.366. The first-order valence-corrected chi connectivity index (χ1v) is 10.6. The molecular weight excluding hydrogens is 416 g/mol. The molecule has 3 N–H and O–H groups in total. The van der Waals surface area contributed by atoms with Crippen molar-refractivity contribution in [3.8, 4) is 11.3 Å². The first-order chi connectivity index (χ1) is 16.1. The second-order valence-electron chi connectivity index (χ2n) is 7.79. The van der Waals surface area contributed by atoms with E-state index in [1.807, 2.05) is 72.2 Å². The molecule has 2 amide bonds. The van der Waals surface area contributed by atoms with Crippen molar-refractivity contribution in [1.29, 1.82) is 0 Å². The largest absolute Gasteiger partial charge is 0.347 e. The Kier molecular flexibility index (Phi) is 5.32. The van der Waals surface area contributed by atoms with Gasteiger partial charge in [-0.3, -0.25) is 9.59 Å². The third-order valence-corrected chi connectivity index (χ3v) is 5.41. The molecular formula is C25H22N6O2. The molecule has 0 saturated carbocycles. The maximum atomic E-state index is 12.2. The van der Waals surface area contributed by atoms with Crippen LogP contribution in [0.25, 0.3) is 27.9 Å². The second-order valence-corrected chi connectivity index (χ2v) is 7.79. The van der Waals surface area contributed by atoms with E-state index in [0.717, 1.165) is 39.3 Å². The average Bonchev–Trinajstić information content (AvgIpc) is 3.44. The Labute approximate surface area is 189 Å². The molecule has 0 fully saturated rings. The highest BCUT2D eigenvalue weighted by Crippen LogP contribution is 2.22. The number of aromatic nitrogens is 4.